The first-order valence-corrected chi connectivity index (χ1v) is 12.2. The van der Waals surface area contributed by atoms with Gasteiger partial charge in [-0.25, -0.2) is 19.3 Å². The molecule has 0 bridgehead atoms. The summed E-state index contributed by atoms with van der Waals surface area (Å²) in [6.45, 7) is 1.47. The number of hydrogen-bond acceptors (Lipinski definition) is 7. The maximum Gasteiger partial charge on any atom is 0.333 e. The van der Waals surface area contributed by atoms with Gasteiger partial charge in [-0.3, -0.25) is 0 Å². The number of hydrogen-bond donors (Lipinski definition) is 1. The molecule has 2 saturated heterocycles. The molecule has 2 aliphatic rings. The van der Waals surface area contributed by atoms with Gasteiger partial charge in [0.05, 0.1) is 36.7 Å². The average Bonchev–Trinajstić information content (AvgIpc) is 3.56. The predicted octanol–water partition coefficient (Wildman–Crippen LogP) is 3.01. The Labute approximate surface area is 203 Å². The molecule has 1 aromatic carbocycles. The standard InChI is InChI=1S/C23H24F2N7O2Si/c1-13-19(35)23(12-34-13)4-6-30(7-5-23)20-18(11-33)28-21-17(27-20)9-26-32(21)15-3-2-14-10-31(22(24)25)29-16(14)8-15/h2-3,8-10,13,19,22,33H,4-7,11-12H2,1H3/t13-,19?/m0/s1. The average molecular weight is 497 g/mol. The highest BCUT2D eigenvalue weighted by Gasteiger charge is 2.47. The third kappa shape index (κ3) is 3.62. The van der Waals surface area contributed by atoms with E-state index in [1.807, 2.05) is 0 Å². The van der Waals surface area contributed by atoms with Crippen molar-refractivity contribution in [3.8, 4) is 5.69 Å². The van der Waals surface area contributed by atoms with E-state index in [-0.39, 0.29) is 18.1 Å². The first-order chi connectivity index (χ1) is 16.9. The van der Waals surface area contributed by atoms with Crippen LogP contribution in [-0.4, -0.2) is 70.7 Å². The van der Waals surface area contributed by atoms with E-state index in [9.17, 15) is 13.9 Å². The van der Waals surface area contributed by atoms with Crippen molar-refractivity contribution >= 4 is 38.1 Å². The zero-order valence-electron chi connectivity index (χ0n) is 19.1. The third-order valence-corrected chi connectivity index (χ3v) is 8.46. The van der Waals surface area contributed by atoms with Crippen LogP contribution in [0.25, 0.3) is 27.8 Å². The molecule has 35 heavy (non-hydrogen) atoms. The number of ether oxygens (including phenoxy) is 1. The number of aromatic nitrogens is 6. The predicted molar refractivity (Wildman–Crippen MR) is 126 cm³/mol. The number of rotatable bonds is 4. The molecule has 5 heterocycles. The number of benzene rings is 1. The van der Waals surface area contributed by atoms with Crippen molar-refractivity contribution < 1.29 is 18.6 Å². The SMILES string of the molecule is C[C@@H]1OCC2(CCN(c3nc4cnn(-c5ccc6cn(C(F)F)nc6c5)c4nc3CO)CC2)C1[Si]. The monoisotopic (exact) mass is 496 g/mol. The summed E-state index contributed by atoms with van der Waals surface area (Å²) in [7, 11) is 3.90. The molecule has 1 spiro atoms. The molecule has 2 aliphatic heterocycles. The van der Waals surface area contributed by atoms with Gasteiger partial charge < -0.3 is 14.7 Å². The van der Waals surface area contributed by atoms with Gasteiger partial charge in [0.15, 0.2) is 11.5 Å². The molecule has 2 atom stereocenters. The second-order valence-corrected chi connectivity index (χ2v) is 10.0. The first kappa shape index (κ1) is 22.5. The minimum atomic E-state index is -2.71. The molecule has 181 valence electrons. The number of nitrogens with zero attached hydrogens (tertiary/aromatic N) is 7. The van der Waals surface area contributed by atoms with Crippen LogP contribution in [-0.2, 0) is 11.3 Å². The molecule has 6 rings (SSSR count). The van der Waals surface area contributed by atoms with E-state index in [4.69, 9.17) is 14.7 Å². The highest BCUT2D eigenvalue weighted by atomic mass is 28.1. The largest absolute Gasteiger partial charge is 0.390 e. The number of alkyl halides is 2. The number of aliphatic hydroxyl groups excluding tert-OH is 1. The fraction of sp³-hybridized carbons (Fsp3) is 0.478. The normalized spacial score (nSPS) is 22.3. The summed E-state index contributed by atoms with van der Waals surface area (Å²) in [5.74, 6) is 0.665. The Morgan fingerprint density at radius 1 is 1.23 bits per heavy atom. The summed E-state index contributed by atoms with van der Waals surface area (Å²) in [6, 6.07) is 5.17. The molecule has 1 unspecified atom stereocenters. The number of anilines is 1. The van der Waals surface area contributed by atoms with Gasteiger partial charge in [0.2, 0.25) is 0 Å². The van der Waals surface area contributed by atoms with E-state index in [2.05, 4.69) is 32.3 Å². The van der Waals surface area contributed by atoms with Gasteiger partial charge in [-0.1, -0.05) is 0 Å². The number of aliphatic hydroxyl groups is 1. The molecule has 3 aromatic heterocycles. The van der Waals surface area contributed by atoms with Crippen molar-refractivity contribution in [3.05, 3.63) is 36.3 Å². The second kappa shape index (κ2) is 8.31. The molecule has 0 saturated carbocycles. The van der Waals surface area contributed by atoms with Crippen molar-refractivity contribution in [2.75, 3.05) is 24.6 Å². The van der Waals surface area contributed by atoms with E-state index < -0.39 is 6.55 Å². The number of halogens is 2. The van der Waals surface area contributed by atoms with Crippen LogP contribution in [0.2, 0.25) is 5.54 Å². The topological polar surface area (TPSA) is 94.1 Å². The van der Waals surface area contributed by atoms with Gasteiger partial charge in [0, 0.05) is 34.9 Å². The highest BCUT2D eigenvalue weighted by molar-refractivity contribution is 6.12. The summed E-state index contributed by atoms with van der Waals surface area (Å²) >= 11 is 0. The van der Waals surface area contributed by atoms with Crippen LogP contribution in [0.15, 0.2) is 30.6 Å². The highest BCUT2D eigenvalue weighted by Crippen LogP contribution is 2.49. The molecule has 12 heteroatoms. The molecule has 2 fully saturated rings. The van der Waals surface area contributed by atoms with Crippen LogP contribution in [0.3, 0.4) is 0 Å². The zero-order valence-corrected chi connectivity index (χ0v) is 20.1. The van der Waals surface area contributed by atoms with Gasteiger partial charge in [0.1, 0.15) is 11.2 Å². The lowest BCUT2D eigenvalue weighted by atomic mass is 9.76. The van der Waals surface area contributed by atoms with E-state index in [1.165, 1.54) is 6.20 Å². The van der Waals surface area contributed by atoms with Gasteiger partial charge in [-0.05, 0) is 48.9 Å². The molecule has 0 amide bonds. The van der Waals surface area contributed by atoms with Crippen LogP contribution in [0, 0.1) is 5.41 Å². The van der Waals surface area contributed by atoms with Crippen LogP contribution >= 0.6 is 0 Å². The minimum Gasteiger partial charge on any atom is -0.390 e. The lowest BCUT2D eigenvalue weighted by Crippen LogP contribution is -2.43. The summed E-state index contributed by atoms with van der Waals surface area (Å²) in [5.41, 5.74) is 3.03. The summed E-state index contributed by atoms with van der Waals surface area (Å²) in [5, 5.41) is 19.1. The quantitative estimate of drug-likeness (QED) is 0.434. The molecule has 4 aromatic rings. The fourth-order valence-electron chi connectivity index (χ4n) is 5.28. The Bertz CT molecular complexity index is 1400. The van der Waals surface area contributed by atoms with E-state index in [1.54, 1.807) is 29.1 Å². The second-order valence-electron chi connectivity index (χ2n) is 9.39. The molecule has 1 N–H and O–H groups in total. The maximum absolute atomic E-state index is 13.0. The van der Waals surface area contributed by atoms with Crippen LogP contribution < -0.4 is 4.90 Å². The fourth-order valence-corrected chi connectivity index (χ4v) is 5.75. The summed E-state index contributed by atoms with van der Waals surface area (Å²) < 4.78 is 34.1. The Morgan fingerprint density at radius 2 is 2.03 bits per heavy atom. The van der Waals surface area contributed by atoms with Gasteiger partial charge >= 0.3 is 6.55 Å². The van der Waals surface area contributed by atoms with Crippen molar-refractivity contribution in [2.45, 2.75) is 44.6 Å². The Kier molecular flexibility index (Phi) is 5.34. The molecule has 3 radical (unpaired) electrons. The van der Waals surface area contributed by atoms with E-state index in [0.29, 0.717) is 49.5 Å². The number of piperidine rings is 1. The molecular formula is C23H24F2N7O2Si. The summed E-state index contributed by atoms with van der Waals surface area (Å²) in [4.78, 5) is 11.7. The van der Waals surface area contributed by atoms with Gasteiger partial charge in [-0.15, -0.1) is 0 Å². The lowest BCUT2D eigenvalue weighted by molar-refractivity contribution is 0.0574. The minimum absolute atomic E-state index is 0.116. The Morgan fingerprint density at radius 3 is 2.71 bits per heavy atom. The molecule has 0 aliphatic carbocycles. The van der Waals surface area contributed by atoms with Crippen molar-refractivity contribution in [1.82, 2.24) is 29.5 Å². The zero-order chi connectivity index (χ0) is 24.3. The van der Waals surface area contributed by atoms with E-state index >= 15 is 0 Å². The molecular weight excluding hydrogens is 472 g/mol. The van der Waals surface area contributed by atoms with E-state index in [0.717, 1.165) is 32.5 Å². The first-order valence-electron chi connectivity index (χ1n) is 11.6. The smallest absolute Gasteiger partial charge is 0.333 e. The lowest BCUT2D eigenvalue weighted by Gasteiger charge is -2.42. The van der Waals surface area contributed by atoms with Gasteiger partial charge in [0.25, 0.3) is 0 Å². The van der Waals surface area contributed by atoms with Crippen LogP contribution in [0.1, 0.15) is 32.0 Å². The Balaban J connectivity index is 1.32. The van der Waals surface area contributed by atoms with Crippen molar-refractivity contribution in [3.63, 3.8) is 0 Å². The summed E-state index contributed by atoms with van der Waals surface area (Å²) in [6.07, 6.45) is 5.04. The molecule has 9 nitrogen and oxygen atoms in total. The maximum atomic E-state index is 13.0. The van der Waals surface area contributed by atoms with Gasteiger partial charge in [-0.2, -0.15) is 19.0 Å². The number of fused-ring (bicyclic) bond motifs is 2. The van der Waals surface area contributed by atoms with Crippen LogP contribution in [0.4, 0.5) is 14.6 Å². The van der Waals surface area contributed by atoms with Crippen molar-refractivity contribution in [1.29, 1.82) is 0 Å². The third-order valence-electron chi connectivity index (χ3n) is 7.38. The van der Waals surface area contributed by atoms with Crippen LogP contribution in [0.5, 0.6) is 0 Å². The Hall–Kier alpha value is -2.96. The van der Waals surface area contributed by atoms with Crippen molar-refractivity contribution in [2.24, 2.45) is 5.41 Å².